The molecule has 2 fully saturated rings. The van der Waals surface area contributed by atoms with Crippen LogP contribution in [0, 0.1) is 5.92 Å². The van der Waals surface area contributed by atoms with Crippen LogP contribution in [0.2, 0.25) is 0 Å². The zero-order valence-corrected chi connectivity index (χ0v) is 11.6. The van der Waals surface area contributed by atoms with E-state index in [0.29, 0.717) is 19.5 Å². The van der Waals surface area contributed by atoms with Crippen LogP contribution < -0.4 is 0 Å². The lowest BCUT2D eigenvalue weighted by molar-refractivity contribution is -0.139. The van der Waals surface area contributed by atoms with E-state index in [1.807, 2.05) is 28.0 Å². The lowest BCUT2D eigenvalue weighted by Crippen LogP contribution is -2.45. The Kier molecular flexibility index (Phi) is 3.72. The summed E-state index contributed by atoms with van der Waals surface area (Å²) in [5.41, 5.74) is 1.23. The highest BCUT2D eigenvalue weighted by Crippen LogP contribution is 2.22. The molecule has 2 saturated heterocycles. The van der Waals surface area contributed by atoms with Gasteiger partial charge in [-0.3, -0.25) is 9.59 Å². The molecule has 1 atom stereocenters. The van der Waals surface area contributed by atoms with Gasteiger partial charge in [0.05, 0.1) is 5.92 Å². The van der Waals surface area contributed by atoms with Crippen LogP contribution in [-0.4, -0.2) is 47.8 Å². The van der Waals surface area contributed by atoms with Crippen molar-refractivity contribution < 1.29 is 9.59 Å². The largest absolute Gasteiger partial charge is 0.342 e. The number of likely N-dealkylation sites (tertiary alicyclic amines) is 2. The molecule has 3 rings (SSSR count). The van der Waals surface area contributed by atoms with Gasteiger partial charge in [-0.15, -0.1) is 0 Å². The van der Waals surface area contributed by atoms with Crippen molar-refractivity contribution in [3.8, 4) is 0 Å². The van der Waals surface area contributed by atoms with Gasteiger partial charge in [0, 0.05) is 32.6 Å². The second kappa shape index (κ2) is 5.65. The minimum Gasteiger partial charge on any atom is -0.342 e. The fraction of sp³-hybridized carbons (Fsp3) is 0.500. The van der Waals surface area contributed by atoms with Gasteiger partial charge in [0.1, 0.15) is 0 Å². The summed E-state index contributed by atoms with van der Waals surface area (Å²) in [5, 5.41) is 0. The predicted molar refractivity (Wildman–Crippen MR) is 76.0 cm³/mol. The van der Waals surface area contributed by atoms with Crippen LogP contribution in [-0.2, 0) is 16.0 Å². The summed E-state index contributed by atoms with van der Waals surface area (Å²) >= 11 is 0. The molecule has 0 radical (unpaired) electrons. The average molecular weight is 272 g/mol. The molecule has 20 heavy (non-hydrogen) atoms. The van der Waals surface area contributed by atoms with Gasteiger partial charge >= 0.3 is 0 Å². The summed E-state index contributed by atoms with van der Waals surface area (Å²) in [6, 6.07) is 10.2. The van der Waals surface area contributed by atoms with E-state index in [1.54, 1.807) is 0 Å². The number of rotatable bonds is 4. The average Bonchev–Trinajstić information content (AvgIpc) is 2.77. The first kappa shape index (κ1) is 13.2. The Morgan fingerprint density at radius 2 is 1.95 bits per heavy atom. The Bertz CT molecular complexity index is 496. The summed E-state index contributed by atoms with van der Waals surface area (Å²) in [6.07, 6.45) is 2.35. The van der Waals surface area contributed by atoms with Crippen molar-refractivity contribution in [2.45, 2.75) is 19.3 Å². The summed E-state index contributed by atoms with van der Waals surface area (Å²) < 4.78 is 0. The summed E-state index contributed by atoms with van der Waals surface area (Å²) in [5.74, 6) is 0.185. The quantitative estimate of drug-likeness (QED) is 0.829. The molecule has 1 aromatic carbocycles. The van der Waals surface area contributed by atoms with Crippen LogP contribution in [0.1, 0.15) is 18.4 Å². The number of benzene rings is 1. The molecule has 0 spiro atoms. The van der Waals surface area contributed by atoms with Crippen LogP contribution in [0.4, 0.5) is 0 Å². The zero-order valence-electron chi connectivity index (χ0n) is 11.6. The first-order valence-electron chi connectivity index (χ1n) is 7.34. The summed E-state index contributed by atoms with van der Waals surface area (Å²) in [7, 11) is 0. The molecule has 0 aliphatic carbocycles. The second-order valence-corrected chi connectivity index (χ2v) is 5.66. The molecule has 1 aromatic rings. The molecule has 0 N–H and O–H groups in total. The van der Waals surface area contributed by atoms with Gasteiger partial charge in [0.25, 0.3) is 0 Å². The highest BCUT2D eigenvalue weighted by molar-refractivity contribution is 5.89. The van der Waals surface area contributed by atoms with Gasteiger partial charge in [0.15, 0.2) is 0 Å². The first-order chi connectivity index (χ1) is 9.74. The molecule has 2 heterocycles. The lowest BCUT2D eigenvalue weighted by Gasteiger charge is -2.32. The van der Waals surface area contributed by atoms with Crippen LogP contribution in [0.25, 0.3) is 0 Å². The Morgan fingerprint density at radius 1 is 1.20 bits per heavy atom. The molecular formula is C16H20N2O2. The standard InChI is InChI=1S/C16H20N2O2/c19-15-11-14(16(20)17-8-4-9-17)12-18(15)10-7-13-5-2-1-3-6-13/h1-3,5-6,14H,4,7-12H2/t14-/m0/s1. The third kappa shape index (κ3) is 2.69. The van der Waals surface area contributed by atoms with E-state index in [0.717, 1.165) is 25.9 Å². The zero-order chi connectivity index (χ0) is 13.9. The van der Waals surface area contributed by atoms with Gasteiger partial charge in [-0.05, 0) is 18.4 Å². The molecule has 0 aromatic heterocycles. The number of hydrogen-bond donors (Lipinski definition) is 0. The molecule has 4 heteroatoms. The highest BCUT2D eigenvalue weighted by Gasteiger charge is 2.37. The molecule has 0 unspecified atom stereocenters. The molecule has 106 valence electrons. The molecule has 0 saturated carbocycles. The Hall–Kier alpha value is -1.84. The number of amides is 2. The molecule has 0 bridgehead atoms. The van der Waals surface area contributed by atoms with E-state index in [-0.39, 0.29) is 17.7 Å². The van der Waals surface area contributed by atoms with E-state index in [4.69, 9.17) is 0 Å². The van der Waals surface area contributed by atoms with Crippen molar-refractivity contribution in [2.75, 3.05) is 26.2 Å². The van der Waals surface area contributed by atoms with Crippen molar-refractivity contribution in [3.05, 3.63) is 35.9 Å². The van der Waals surface area contributed by atoms with Crippen molar-refractivity contribution in [3.63, 3.8) is 0 Å². The minimum atomic E-state index is -0.112. The smallest absolute Gasteiger partial charge is 0.227 e. The number of hydrogen-bond acceptors (Lipinski definition) is 2. The van der Waals surface area contributed by atoms with Crippen molar-refractivity contribution in [2.24, 2.45) is 5.92 Å². The maximum Gasteiger partial charge on any atom is 0.227 e. The van der Waals surface area contributed by atoms with Crippen molar-refractivity contribution in [1.82, 2.24) is 9.80 Å². The Morgan fingerprint density at radius 3 is 2.60 bits per heavy atom. The van der Waals surface area contributed by atoms with Crippen LogP contribution in [0.15, 0.2) is 30.3 Å². The Labute approximate surface area is 119 Å². The first-order valence-corrected chi connectivity index (χ1v) is 7.34. The fourth-order valence-corrected chi connectivity index (χ4v) is 2.86. The normalized spacial score (nSPS) is 22.0. The van der Waals surface area contributed by atoms with E-state index in [1.165, 1.54) is 5.56 Å². The topological polar surface area (TPSA) is 40.6 Å². The monoisotopic (exact) mass is 272 g/mol. The predicted octanol–water partition coefficient (Wildman–Crippen LogP) is 1.31. The summed E-state index contributed by atoms with van der Waals surface area (Å²) in [6.45, 7) is 3.05. The van der Waals surface area contributed by atoms with Crippen molar-refractivity contribution in [1.29, 1.82) is 0 Å². The van der Waals surface area contributed by atoms with E-state index in [9.17, 15) is 9.59 Å². The molecule has 2 amide bonds. The van der Waals surface area contributed by atoms with Crippen LogP contribution in [0.3, 0.4) is 0 Å². The molecule has 2 aliphatic heterocycles. The van der Waals surface area contributed by atoms with Gasteiger partial charge in [-0.25, -0.2) is 0 Å². The SMILES string of the molecule is O=C1C[C@H](C(=O)N2CCC2)CN1CCc1ccccc1. The van der Waals surface area contributed by atoms with Crippen LogP contribution in [0.5, 0.6) is 0 Å². The number of carbonyl (C=O) groups is 2. The Balaban J connectivity index is 1.53. The van der Waals surface area contributed by atoms with E-state index in [2.05, 4.69) is 12.1 Å². The van der Waals surface area contributed by atoms with Crippen molar-refractivity contribution >= 4 is 11.8 Å². The molecule has 4 nitrogen and oxygen atoms in total. The third-order valence-corrected chi connectivity index (χ3v) is 4.24. The van der Waals surface area contributed by atoms with Gasteiger partial charge < -0.3 is 9.80 Å². The van der Waals surface area contributed by atoms with Crippen LogP contribution >= 0.6 is 0 Å². The third-order valence-electron chi connectivity index (χ3n) is 4.24. The lowest BCUT2D eigenvalue weighted by atomic mass is 10.0. The molecular weight excluding hydrogens is 252 g/mol. The maximum atomic E-state index is 12.1. The van der Waals surface area contributed by atoms with E-state index < -0.39 is 0 Å². The summed E-state index contributed by atoms with van der Waals surface area (Å²) in [4.78, 5) is 27.9. The maximum absolute atomic E-state index is 12.1. The number of nitrogens with zero attached hydrogens (tertiary/aromatic N) is 2. The fourth-order valence-electron chi connectivity index (χ4n) is 2.86. The van der Waals surface area contributed by atoms with E-state index >= 15 is 0 Å². The molecule has 2 aliphatic rings. The minimum absolute atomic E-state index is 0.112. The second-order valence-electron chi connectivity index (χ2n) is 5.66. The van der Waals surface area contributed by atoms with Gasteiger partial charge in [-0.1, -0.05) is 30.3 Å². The highest BCUT2D eigenvalue weighted by atomic mass is 16.2. The number of carbonyl (C=O) groups excluding carboxylic acids is 2. The van der Waals surface area contributed by atoms with Gasteiger partial charge in [-0.2, -0.15) is 0 Å². The van der Waals surface area contributed by atoms with Gasteiger partial charge in [0.2, 0.25) is 11.8 Å².